The Balaban J connectivity index is 1.65. The number of aromatic amines is 1. The van der Waals surface area contributed by atoms with Crippen LogP contribution in [0.2, 0.25) is 0 Å². The lowest BCUT2D eigenvalue weighted by molar-refractivity contribution is 0.0952. The SMILES string of the molecule is CN(C)c1ccc([C@H](CNC(=O)c2cccc(C#N)c2)c2c[nH]c3ccccc23)cc1. The molecule has 0 unspecified atom stereocenters. The monoisotopic (exact) mass is 408 g/mol. The molecule has 4 aromatic rings. The van der Waals surface area contributed by atoms with Crippen LogP contribution >= 0.6 is 0 Å². The fraction of sp³-hybridized carbons (Fsp3) is 0.154. The number of H-pyrrole nitrogens is 1. The third-order valence-electron chi connectivity index (χ3n) is 5.53. The van der Waals surface area contributed by atoms with E-state index in [1.165, 1.54) is 0 Å². The van der Waals surface area contributed by atoms with E-state index in [2.05, 4.69) is 57.7 Å². The molecule has 0 aliphatic rings. The van der Waals surface area contributed by atoms with Crippen molar-refractivity contribution in [1.29, 1.82) is 5.26 Å². The summed E-state index contributed by atoms with van der Waals surface area (Å²) in [7, 11) is 4.03. The average Bonchev–Trinajstić information content (AvgIpc) is 3.23. The molecule has 31 heavy (non-hydrogen) atoms. The average molecular weight is 409 g/mol. The van der Waals surface area contributed by atoms with Crippen molar-refractivity contribution in [3.63, 3.8) is 0 Å². The van der Waals surface area contributed by atoms with Gasteiger partial charge in [0.15, 0.2) is 0 Å². The third-order valence-corrected chi connectivity index (χ3v) is 5.53. The number of nitrogens with one attached hydrogen (secondary N) is 2. The molecular weight excluding hydrogens is 384 g/mol. The molecule has 1 amide bonds. The molecule has 0 fully saturated rings. The van der Waals surface area contributed by atoms with Gasteiger partial charge < -0.3 is 15.2 Å². The zero-order chi connectivity index (χ0) is 21.8. The summed E-state index contributed by atoms with van der Waals surface area (Å²) in [4.78, 5) is 18.2. The molecule has 0 aliphatic heterocycles. The molecule has 1 heterocycles. The van der Waals surface area contributed by atoms with Crippen molar-refractivity contribution in [2.75, 3.05) is 25.5 Å². The molecule has 154 valence electrons. The minimum atomic E-state index is -0.188. The number of aromatic nitrogens is 1. The predicted molar refractivity (Wildman–Crippen MR) is 124 cm³/mol. The van der Waals surface area contributed by atoms with E-state index in [-0.39, 0.29) is 11.8 Å². The largest absolute Gasteiger partial charge is 0.378 e. The van der Waals surface area contributed by atoms with Gasteiger partial charge >= 0.3 is 0 Å². The smallest absolute Gasteiger partial charge is 0.251 e. The van der Waals surface area contributed by atoms with Crippen LogP contribution in [0.15, 0.2) is 79.0 Å². The van der Waals surface area contributed by atoms with Crippen molar-refractivity contribution in [1.82, 2.24) is 10.3 Å². The lowest BCUT2D eigenvalue weighted by Crippen LogP contribution is -2.29. The van der Waals surface area contributed by atoms with Crippen LogP contribution in [0.3, 0.4) is 0 Å². The molecule has 0 radical (unpaired) electrons. The zero-order valence-electron chi connectivity index (χ0n) is 17.6. The minimum Gasteiger partial charge on any atom is -0.378 e. The molecule has 0 saturated heterocycles. The molecular formula is C26H24N4O. The summed E-state index contributed by atoms with van der Waals surface area (Å²) in [6.07, 6.45) is 2.03. The zero-order valence-corrected chi connectivity index (χ0v) is 17.6. The maximum atomic E-state index is 12.8. The Morgan fingerprint density at radius 2 is 1.84 bits per heavy atom. The highest BCUT2D eigenvalue weighted by atomic mass is 16.1. The first-order chi connectivity index (χ1) is 15.1. The highest BCUT2D eigenvalue weighted by molar-refractivity contribution is 5.94. The molecule has 5 nitrogen and oxygen atoms in total. The maximum Gasteiger partial charge on any atom is 0.251 e. The van der Waals surface area contributed by atoms with E-state index in [0.717, 1.165) is 27.7 Å². The predicted octanol–water partition coefficient (Wildman–Crippen LogP) is 4.67. The summed E-state index contributed by atoms with van der Waals surface area (Å²) >= 11 is 0. The van der Waals surface area contributed by atoms with E-state index in [1.54, 1.807) is 24.3 Å². The molecule has 0 spiro atoms. The van der Waals surface area contributed by atoms with E-state index < -0.39 is 0 Å². The Bertz CT molecular complexity index is 1250. The first kappa shape index (κ1) is 20.2. The number of carbonyl (C=O) groups excluding carboxylic acids is 1. The number of fused-ring (bicyclic) bond motifs is 1. The number of nitrogens with zero attached hydrogens (tertiary/aromatic N) is 2. The molecule has 0 saturated carbocycles. The summed E-state index contributed by atoms with van der Waals surface area (Å²) < 4.78 is 0. The van der Waals surface area contributed by atoms with Crippen LogP contribution in [-0.2, 0) is 0 Å². The number of carbonyl (C=O) groups is 1. The molecule has 1 aromatic heterocycles. The molecule has 0 aliphatic carbocycles. The van der Waals surface area contributed by atoms with Crippen LogP contribution in [0.5, 0.6) is 0 Å². The fourth-order valence-corrected chi connectivity index (χ4v) is 3.82. The molecule has 5 heteroatoms. The molecule has 1 atom stereocenters. The normalized spacial score (nSPS) is 11.6. The number of para-hydroxylation sites is 1. The number of hydrogen-bond acceptors (Lipinski definition) is 3. The van der Waals surface area contributed by atoms with Gasteiger partial charge in [0, 0.05) is 54.9 Å². The summed E-state index contributed by atoms with van der Waals surface area (Å²) in [5.41, 5.74) is 5.42. The highest BCUT2D eigenvalue weighted by Crippen LogP contribution is 2.31. The Labute approximate surface area is 181 Å². The lowest BCUT2D eigenvalue weighted by Gasteiger charge is -2.20. The Morgan fingerprint density at radius 1 is 1.06 bits per heavy atom. The van der Waals surface area contributed by atoms with Crippen molar-refractivity contribution in [2.24, 2.45) is 0 Å². The van der Waals surface area contributed by atoms with Crippen LogP contribution in [0, 0.1) is 11.3 Å². The van der Waals surface area contributed by atoms with Crippen molar-refractivity contribution in [3.05, 3.63) is 101 Å². The Kier molecular flexibility index (Phi) is 5.72. The van der Waals surface area contributed by atoms with Crippen LogP contribution in [0.25, 0.3) is 10.9 Å². The fourth-order valence-electron chi connectivity index (χ4n) is 3.82. The van der Waals surface area contributed by atoms with Gasteiger partial charge in [0.25, 0.3) is 5.91 Å². The highest BCUT2D eigenvalue weighted by Gasteiger charge is 2.20. The number of benzene rings is 3. The van der Waals surface area contributed by atoms with Gasteiger partial charge in [-0.05, 0) is 47.5 Å². The van der Waals surface area contributed by atoms with Crippen molar-refractivity contribution in [3.8, 4) is 6.07 Å². The Morgan fingerprint density at radius 3 is 2.58 bits per heavy atom. The van der Waals surface area contributed by atoms with E-state index in [0.29, 0.717) is 17.7 Å². The van der Waals surface area contributed by atoms with Crippen molar-refractivity contribution < 1.29 is 4.79 Å². The van der Waals surface area contributed by atoms with Crippen molar-refractivity contribution >= 4 is 22.5 Å². The number of amides is 1. The summed E-state index contributed by atoms with van der Waals surface area (Å²) in [5.74, 6) is -0.206. The van der Waals surface area contributed by atoms with E-state index in [1.807, 2.05) is 32.4 Å². The van der Waals surface area contributed by atoms with Gasteiger partial charge in [-0.15, -0.1) is 0 Å². The Hall–Kier alpha value is -4.04. The van der Waals surface area contributed by atoms with Crippen LogP contribution in [0.4, 0.5) is 5.69 Å². The number of rotatable bonds is 6. The summed E-state index contributed by atoms with van der Waals surface area (Å²) in [6, 6.07) is 25.4. The van der Waals surface area contributed by atoms with Gasteiger partial charge in [-0.25, -0.2) is 0 Å². The first-order valence-electron chi connectivity index (χ1n) is 10.2. The minimum absolute atomic E-state index is 0.0181. The maximum absolute atomic E-state index is 12.8. The second kappa shape index (κ2) is 8.76. The molecule has 3 aromatic carbocycles. The second-order valence-corrected chi connectivity index (χ2v) is 7.73. The van der Waals surface area contributed by atoms with Crippen LogP contribution in [-0.4, -0.2) is 31.5 Å². The van der Waals surface area contributed by atoms with Gasteiger partial charge in [0.2, 0.25) is 0 Å². The van der Waals surface area contributed by atoms with Gasteiger partial charge in [-0.3, -0.25) is 4.79 Å². The molecule has 4 rings (SSSR count). The topological polar surface area (TPSA) is 71.9 Å². The van der Waals surface area contributed by atoms with Gasteiger partial charge in [-0.1, -0.05) is 36.4 Å². The van der Waals surface area contributed by atoms with Crippen LogP contribution in [0.1, 0.15) is 33.0 Å². The van der Waals surface area contributed by atoms with E-state index >= 15 is 0 Å². The quantitative estimate of drug-likeness (QED) is 0.487. The number of nitriles is 1. The molecule has 0 bridgehead atoms. The molecule has 2 N–H and O–H groups in total. The van der Waals surface area contributed by atoms with Gasteiger partial charge in [0.05, 0.1) is 11.6 Å². The van der Waals surface area contributed by atoms with Crippen LogP contribution < -0.4 is 10.2 Å². The summed E-state index contributed by atoms with van der Waals surface area (Å²) in [5, 5.41) is 13.3. The lowest BCUT2D eigenvalue weighted by atomic mass is 9.90. The first-order valence-corrected chi connectivity index (χ1v) is 10.2. The van der Waals surface area contributed by atoms with Gasteiger partial charge in [0.1, 0.15) is 0 Å². The van der Waals surface area contributed by atoms with E-state index in [9.17, 15) is 4.79 Å². The second-order valence-electron chi connectivity index (χ2n) is 7.73. The number of hydrogen-bond donors (Lipinski definition) is 2. The number of anilines is 1. The van der Waals surface area contributed by atoms with E-state index in [4.69, 9.17) is 5.26 Å². The third kappa shape index (κ3) is 4.29. The summed E-state index contributed by atoms with van der Waals surface area (Å²) in [6.45, 7) is 0.443. The standard InChI is InChI=1S/C26H24N4O/c1-30(2)21-12-10-19(11-13-21)23(24-17-28-25-9-4-3-8-22(24)25)16-29-26(31)20-7-5-6-18(14-20)15-27/h3-14,17,23,28H,16H2,1-2H3,(H,29,31)/t23-/m0/s1. The van der Waals surface area contributed by atoms with Crippen molar-refractivity contribution in [2.45, 2.75) is 5.92 Å². The van der Waals surface area contributed by atoms with Gasteiger partial charge in [-0.2, -0.15) is 5.26 Å².